The van der Waals surface area contributed by atoms with Crippen LogP contribution in [0, 0.1) is 0 Å². The summed E-state index contributed by atoms with van der Waals surface area (Å²) in [6, 6.07) is 12.2. The lowest BCUT2D eigenvalue weighted by atomic mass is 10.0. The average molecular weight is 532 g/mol. The molecule has 3 aliphatic rings. The first kappa shape index (κ1) is 25.9. The number of hydrogen-bond acceptors (Lipinski definition) is 7. The van der Waals surface area contributed by atoms with Crippen molar-refractivity contribution in [3.63, 3.8) is 0 Å². The Hall–Kier alpha value is -3.36. The molecule has 2 fully saturated rings. The maximum absolute atomic E-state index is 14.0. The van der Waals surface area contributed by atoms with Gasteiger partial charge in [-0.15, -0.1) is 0 Å². The van der Waals surface area contributed by atoms with E-state index < -0.39 is 0 Å². The SMILES string of the molecule is COc1ccc(C(=O)N(Cc2cc3cc4c(cc3nc2N2CCOCC2)CCC4)C[C@H]2CCCO2)cc1OC. The summed E-state index contributed by atoms with van der Waals surface area (Å²) in [5, 5.41) is 1.14. The molecule has 39 heavy (non-hydrogen) atoms. The third-order valence-corrected chi connectivity index (χ3v) is 8.12. The fourth-order valence-corrected chi connectivity index (χ4v) is 6.06. The number of amides is 1. The van der Waals surface area contributed by atoms with Crippen LogP contribution in [0.3, 0.4) is 0 Å². The van der Waals surface area contributed by atoms with Crippen molar-refractivity contribution in [2.24, 2.45) is 0 Å². The van der Waals surface area contributed by atoms with E-state index in [1.807, 2.05) is 4.90 Å². The van der Waals surface area contributed by atoms with E-state index in [-0.39, 0.29) is 12.0 Å². The number of aromatic nitrogens is 1. The van der Waals surface area contributed by atoms with E-state index >= 15 is 0 Å². The molecule has 8 heteroatoms. The predicted octanol–water partition coefficient (Wildman–Crippen LogP) is 4.40. The molecule has 3 aromatic rings. The molecule has 1 aromatic heterocycles. The van der Waals surface area contributed by atoms with Crippen LogP contribution in [-0.2, 0) is 28.9 Å². The van der Waals surface area contributed by atoms with Crippen molar-refractivity contribution in [1.29, 1.82) is 0 Å². The number of carbonyl (C=O) groups is 1. The van der Waals surface area contributed by atoms with Gasteiger partial charge in [0.2, 0.25) is 0 Å². The Balaban J connectivity index is 1.39. The van der Waals surface area contributed by atoms with Crippen molar-refractivity contribution in [2.75, 3.05) is 58.6 Å². The summed E-state index contributed by atoms with van der Waals surface area (Å²) in [5.74, 6) is 2.02. The lowest BCUT2D eigenvalue weighted by Crippen LogP contribution is -2.40. The summed E-state index contributed by atoms with van der Waals surface area (Å²) >= 11 is 0. The van der Waals surface area contributed by atoms with Gasteiger partial charge in [0.25, 0.3) is 5.91 Å². The minimum atomic E-state index is -0.0616. The molecule has 0 radical (unpaired) electrons. The maximum Gasteiger partial charge on any atom is 0.254 e. The number of morpholine rings is 1. The fourth-order valence-electron chi connectivity index (χ4n) is 6.06. The number of anilines is 1. The molecular weight excluding hydrogens is 494 g/mol. The Labute approximate surface area is 229 Å². The van der Waals surface area contributed by atoms with Gasteiger partial charge in [0, 0.05) is 49.3 Å². The Bertz CT molecular complexity index is 1350. The highest BCUT2D eigenvalue weighted by atomic mass is 16.5. The van der Waals surface area contributed by atoms with Crippen LogP contribution >= 0.6 is 0 Å². The normalized spacial score (nSPS) is 18.8. The number of benzene rings is 2. The lowest BCUT2D eigenvalue weighted by Gasteiger charge is -2.32. The molecule has 0 N–H and O–H groups in total. The Morgan fingerprint density at radius 2 is 1.79 bits per heavy atom. The topological polar surface area (TPSA) is 73.4 Å². The monoisotopic (exact) mass is 531 g/mol. The van der Waals surface area contributed by atoms with E-state index in [1.54, 1.807) is 32.4 Å². The number of aryl methyl sites for hydroxylation is 2. The third kappa shape index (κ3) is 5.40. The van der Waals surface area contributed by atoms with E-state index in [4.69, 9.17) is 23.9 Å². The summed E-state index contributed by atoms with van der Waals surface area (Å²) in [4.78, 5) is 23.5. The van der Waals surface area contributed by atoms with Crippen LogP contribution in [0.5, 0.6) is 11.5 Å². The fraction of sp³-hybridized carbons (Fsp3) is 0.484. The first-order chi connectivity index (χ1) is 19.1. The van der Waals surface area contributed by atoms with Gasteiger partial charge in [-0.25, -0.2) is 4.98 Å². The van der Waals surface area contributed by atoms with E-state index in [9.17, 15) is 4.79 Å². The van der Waals surface area contributed by atoms with Gasteiger partial charge in [-0.1, -0.05) is 0 Å². The zero-order valence-electron chi connectivity index (χ0n) is 22.9. The number of nitrogens with zero attached hydrogens (tertiary/aromatic N) is 3. The second-order valence-electron chi connectivity index (χ2n) is 10.6. The summed E-state index contributed by atoms with van der Waals surface area (Å²) in [5.41, 5.74) is 5.48. The molecule has 1 aliphatic carbocycles. The van der Waals surface area contributed by atoms with Crippen LogP contribution in [0.2, 0.25) is 0 Å². The van der Waals surface area contributed by atoms with Crippen LogP contribution in [-0.4, -0.2) is 75.6 Å². The second kappa shape index (κ2) is 11.4. The molecule has 2 aliphatic heterocycles. The van der Waals surface area contributed by atoms with Crippen LogP contribution in [0.15, 0.2) is 36.4 Å². The van der Waals surface area contributed by atoms with Crippen molar-refractivity contribution < 1.29 is 23.7 Å². The molecule has 3 heterocycles. The summed E-state index contributed by atoms with van der Waals surface area (Å²) in [6.45, 7) is 4.63. The van der Waals surface area contributed by atoms with Crippen LogP contribution < -0.4 is 14.4 Å². The molecule has 1 atom stereocenters. The quantitative estimate of drug-likeness (QED) is 0.427. The van der Waals surface area contributed by atoms with Gasteiger partial charge in [0.1, 0.15) is 5.82 Å². The maximum atomic E-state index is 14.0. The average Bonchev–Trinajstić information content (AvgIpc) is 3.67. The van der Waals surface area contributed by atoms with E-state index in [2.05, 4.69) is 23.1 Å². The molecule has 206 valence electrons. The highest BCUT2D eigenvalue weighted by molar-refractivity contribution is 5.95. The molecule has 0 bridgehead atoms. The van der Waals surface area contributed by atoms with Crippen molar-refractivity contribution >= 4 is 22.6 Å². The van der Waals surface area contributed by atoms with Gasteiger partial charge in [-0.05, 0) is 79.6 Å². The Morgan fingerprint density at radius 3 is 2.54 bits per heavy atom. The molecule has 6 rings (SSSR count). The zero-order valence-corrected chi connectivity index (χ0v) is 22.9. The predicted molar refractivity (Wildman–Crippen MR) is 150 cm³/mol. The molecule has 0 saturated carbocycles. The molecule has 2 saturated heterocycles. The van der Waals surface area contributed by atoms with Gasteiger partial charge in [-0.2, -0.15) is 0 Å². The number of hydrogen-bond donors (Lipinski definition) is 0. The number of rotatable bonds is 8. The highest BCUT2D eigenvalue weighted by Gasteiger charge is 2.27. The first-order valence-electron chi connectivity index (χ1n) is 14.0. The molecule has 0 unspecified atom stereocenters. The molecular formula is C31H37N3O5. The number of carbonyl (C=O) groups excluding carboxylic acids is 1. The highest BCUT2D eigenvalue weighted by Crippen LogP contribution is 2.33. The van der Waals surface area contributed by atoms with Gasteiger partial charge >= 0.3 is 0 Å². The third-order valence-electron chi connectivity index (χ3n) is 8.12. The largest absolute Gasteiger partial charge is 0.493 e. The van der Waals surface area contributed by atoms with Gasteiger partial charge < -0.3 is 28.7 Å². The summed E-state index contributed by atoms with van der Waals surface area (Å²) in [7, 11) is 3.18. The number of fused-ring (bicyclic) bond motifs is 2. The van der Waals surface area contributed by atoms with Crippen LogP contribution in [0.1, 0.15) is 46.3 Å². The molecule has 8 nitrogen and oxygen atoms in total. The molecule has 2 aromatic carbocycles. The van der Waals surface area contributed by atoms with Crippen molar-refractivity contribution in [3.8, 4) is 11.5 Å². The minimum absolute atomic E-state index is 0.0256. The standard InChI is InChI=1S/C31H37N3O5/c1-36-28-9-8-23(18-29(28)37-2)31(35)34(20-26-7-4-12-39-26)19-25-16-24-15-21-5-3-6-22(21)17-27(24)32-30(25)33-10-13-38-14-11-33/h8-9,15-18,26H,3-7,10-14,19-20H2,1-2H3/t26-/m1/s1. The molecule has 1 amide bonds. The van der Waals surface area contributed by atoms with Crippen LogP contribution in [0.25, 0.3) is 10.9 Å². The van der Waals surface area contributed by atoms with E-state index in [0.717, 1.165) is 67.7 Å². The second-order valence-corrected chi connectivity index (χ2v) is 10.6. The minimum Gasteiger partial charge on any atom is -0.493 e. The van der Waals surface area contributed by atoms with E-state index in [1.165, 1.54) is 17.5 Å². The van der Waals surface area contributed by atoms with Crippen molar-refractivity contribution in [3.05, 3.63) is 58.7 Å². The number of pyridine rings is 1. The zero-order chi connectivity index (χ0) is 26.8. The van der Waals surface area contributed by atoms with Crippen molar-refractivity contribution in [1.82, 2.24) is 9.88 Å². The Morgan fingerprint density at radius 1 is 1.00 bits per heavy atom. The number of methoxy groups -OCH3 is 2. The van der Waals surface area contributed by atoms with E-state index in [0.29, 0.717) is 43.4 Å². The summed E-state index contributed by atoms with van der Waals surface area (Å²) in [6.07, 6.45) is 5.44. The van der Waals surface area contributed by atoms with Gasteiger partial charge in [-0.3, -0.25) is 4.79 Å². The smallest absolute Gasteiger partial charge is 0.254 e. The van der Waals surface area contributed by atoms with Crippen molar-refractivity contribution in [2.45, 2.75) is 44.8 Å². The molecule has 0 spiro atoms. The number of ether oxygens (including phenoxy) is 4. The lowest BCUT2D eigenvalue weighted by molar-refractivity contribution is 0.0507. The van der Waals surface area contributed by atoms with Gasteiger partial charge in [0.05, 0.1) is 39.1 Å². The Kier molecular flexibility index (Phi) is 7.57. The van der Waals surface area contributed by atoms with Gasteiger partial charge in [0.15, 0.2) is 11.5 Å². The summed E-state index contributed by atoms with van der Waals surface area (Å²) < 4.78 is 22.5. The first-order valence-corrected chi connectivity index (χ1v) is 14.0. The van der Waals surface area contributed by atoms with Crippen LogP contribution in [0.4, 0.5) is 5.82 Å².